The van der Waals surface area contributed by atoms with Gasteiger partial charge < -0.3 is 21.7 Å². The van der Waals surface area contributed by atoms with E-state index in [-0.39, 0.29) is 23.0 Å². The summed E-state index contributed by atoms with van der Waals surface area (Å²) < 4.78 is 0. The maximum Gasteiger partial charge on any atom is 0.311 e. The number of nitrogen functional groups attached to an aromatic ring is 1. The second kappa shape index (κ2) is 9.82. The van der Waals surface area contributed by atoms with Gasteiger partial charge in [0.05, 0.1) is 9.85 Å². The molecule has 0 bridgehead atoms. The van der Waals surface area contributed by atoms with Crippen LogP contribution < -0.4 is 21.7 Å². The van der Waals surface area contributed by atoms with Gasteiger partial charge in [-0.15, -0.1) is 0 Å². The monoisotopic (exact) mass is 424 g/mol. The minimum absolute atomic E-state index is 0.120. The minimum Gasteiger partial charge on any atom is -0.378 e. The Labute approximate surface area is 176 Å². The standard InChI is InChI=1S/C19H20N8O4/c20-18-14(26(28)29)6-8-16(24-18)21-10-11-22-17-9-7-15(27(30)31)19(25-17)23-12-13-4-2-1-3-5-13/h1-9H,10-12H2,(H3,20,21,24)(H2,22,23,25). The van der Waals surface area contributed by atoms with Crippen LogP contribution in [0.4, 0.5) is 34.6 Å². The van der Waals surface area contributed by atoms with Crippen molar-refractivity contribution in [1.29, 1.82) is 0 Å². The zero-order chi connectivity index (χ0) is 22.2. The topological polar surface area (TPSA) is 174 Å². The number of aromatic nitrogens is 2. The van der Waals surface area contributed by atoms with Crippen LogP contribution in [0, 0.1) is 20.2 Å². The summed E-state index contributed by atoms with van der Waals surface area (Å²) in [5.41, 5.74) is 6.16. The van der Waals surface area contributed by atoms with E-state index in [9.17, 15) is 20.2 Å². The van der Waals surface area contributed by atoms with Gasteiger partial charge in [-0.1, -0.05) is 30.3 Å². The highest BCUT2D eigenvalue weighted by atomic mass is 16.6. The van der Waals surface area contributed by atoms with Gasteiger partial charge in [0.15, 0.2) is 0 Å². The predicted molar refractivity (Wildman–Crippen MR) is 117 cm³/mol. The molecule has 0 radical (unpaired) electrons. The van der Waals surface area contributed by atoms with Gasteiger partial charge in [-0.3, -0.25) is 20.2 Å². The molecule has 0 aliphatic carbocycles. The number of hydrogen-bond donors (Lipinski definition) is 4. The van der Waals surface area contributed by atoms with Gasteiger partial charge in [-0.25, -0.2) is 9.97 Å². The number of anilines is 4. The van der Waals surface area contributed by atoms with Crippen molar-refractivity contribution in [2.45, 2.75) is 6.54 Å². The van der Waals surface area contributed by atoms with E-state index in [4.69, 9.17) is 5.73 Å². The summed E-state index contributed by atoms with van der Waals surface area (Å²) in [5, 5.41) is 31.1. The summed E-state index contributed by atoms with van der Waals surface area (Å²) in [4.78, 5) is 29.2. The zero-order valence-electron chi connectivity index (χ0n) is 16.3. The molecule has 1 aromatic carbocycles. The third-order valence-corrected chi connectivity index (χ3v) is 4.21. The molecule has 3 aromatic rings. The Bertz CT molecular complexity index is 1080. The van der Waals surface area contributed by atoms with Crippen LogP contribution in [0.15, 0.2) is 54.6 Å². The molecule has 2 heterocycles. The number of benzene rings is 1. The minimum atomic E-state index is -0.600. The highest BCUT2D eigenvalue weighted by molar-refractivity contribution is 5.60. The molecule has 160 valence electrons. The third kappa shape index (κ3) is 5.76. The average Bonchev–Trinajstić information content (AvgIpc) is 2.75. The highest BCUT2D eigenvalue weighted by Crippen LogP contribution is 2.24. The Morgan fingerprint density at radius 2 is 1.35 bits per heavy atom. The van der Waals surface area contributed by atoms with Crippen molar-refractivity contribution in [3.8, 4) is 0 Å². The quantitative estimate of drug-likeness (QED) is 0.215. The van der Waals surface area contributed by atoms with Gasteiger partial charge in [-0.2, -0.15) is 0 Å². The van der Waals surface area contributed by atoms with Crippen LogP contribution in [0.25, 0.3) is 0 Å². The largest absolute Gasteiger partial charge is 0.378 e. The molecule has 0 saturated carbocycles. The number of nitrogens with one attached hydrogen (secondary N) is 3. The summed E-state index contributed by atoms with van der Waals surface area (Å²) in [6.45, 7) is 1.23. The molecule has 0 atom stereocenters. The summed E-state index contributed by atoms with van der Waals surface area (Å²) in [7, 11) is 0. The van der Waals surface area contributed by atoms with Crippen molar-refractivity contribution in [2.75, 3.05) is 34.8 Å². The molecule has 0 aliphatic rings. The molecule has 0 amide bonds. The van der Waals surface area contributed by atoms with Crippen LogP contribution in [0.1, 0.15) is 5.56 Å². The lowest BCUT2D eigenvalue weighted by Gasteiger charge is -2.11. The molecule has 0 saturated heterocycles. The second-order valence-corrected chi connectivity index (χ2v) is 6.37. The van der Waals surface area contributed by atoms with E-state index in [1.165, 1.54) is 24.3 Å². The van der Waals surface area contributed by atoms with Crippen molar-refractivity contribution in [3.05, 3.63) is 80.4 Å². The van der Waals surface area contributed by atoms with Crippen LogP contribution in [-0.4, -0.2) is 32.9 Å². The van der Waals surface area contributed by atoms with Crippen LogP contribution in [-0.2, 0) is 6.54 Å². The number of pyridine rings is 2. The first-order valence-electron chi connectivity index (χ1n) is 9.26. The highest BCUT2D eigenvalue weighted by Gasteiger charge is 2.16. The maximum absolute atomic E-state index is 11.3. The molecular weight excluding hydrogens is 404 g/mol. The van der Waals surface area contributed by atoms with E-state index in [2.05, 4.69) is 25.9 Å². The van der Waals surface area contributed by atoms with E-state index in [1.807, 2.05) is 30.3 Å². The SMILES string of the molecule is Nc1nc(NCCNc2ccc([N+](=O)[O-])c(NCc3ccccc3)n2)ccc1[N+](=O)[O-]. The maximum atomic E-state index is 11.3. The van der Waals surface area contributed by atoms with Crippen molar-refractivity contribution >= 4 is 34.6 Å². The van der Waals surface area contributed by atoms with Crippen LogP contribution in [0.5, 0.6) is 0 Å². The fourth-order valence-electron chi connectivity index (χ4n) is 2.71. The lowest BCUT2D eigenvalue weighted by atomic mass is 10.2. The van der Waals surface area contributed by atoms with Crippen LogP contribution in [0.3, 0.4) is 0 Å². The molecule has 0 aliphatic heterocycles. The lowest BCUT2D eigenvalue weighted by Crippen LogP contribution is -2.16. The van der Waals surface area contributed by atoms with Gasteiger partial charge >= 0.3 is 11.4 Å². The van der Waals surface area contributed by atoms with Crippen molar-refractivity contribution < 1.29 is 9.85 Å². The Morgan fingerprint density at radius 3 is 1.94 bits per heavy atom. The average molecular weight is 424 g/mol. The number of rotatable bonds is 10. The fourth-order valence-corrected chi connectivity index (χ4v) is 2.71. The zero-order valence-corrected chi connectivity index (χ0v) is 16.3. The third-order valence-electron chi connectivity index (χ3n) is 4.21. The number of nitro groups is 2. The van der Waals surface area contributed by atoms with Crippen molar-refractivity contribution in [1.82, 2.24) is 9.97 Å². The molecule has 12 heteroatoms. The Balaban J connectivity index is 1.58. The van der Waals surface area contributed by atoms with Crippen molar-refractivity contribution in [2.24, 2.45) is 0 Å². The van der Waals surface area contributed by atoms with Crippen molar-refractivity contribution in [3.63, 3.8) is 0 Å². The van der Waals surface area contributed by atoms with E-state index in [0.29, 0.717) is 31.3 Å². The first kappa shape index (κ1) is 21.2. The summed E-state index contributed by atoms with van der Waals surface area (Å²) in [6, 6.07) is 15.1. The lowest BCUT2D eigenvalue weighted by molar-refractivity contribution is -0.384. The molecular formula is C19H20N8O4. The molecule has 0 unspecified atom stereocenters. The Hall–Kier alpha value is -4.48. The second-order valence-electron chi connectivity index (χ2n) is 6.37. The van der Waals surface area contributed by atoms with Gasteiger partial charge in [0.25, 0.3) is 0 Å². The molecule has 3 rings (SSSR count). The van der Waals surface area contributed by atoms with E-state index in [1.54, 1.807) is 0 Å². The molecule has 5 N–H and O–H groups in total. The smallest absolute Gasteiger partial charge is 0.311 e. The van der Waals surface area contributed by atoms with Gasteiger partial charge in [0.2, 0.25) is 11.6 Å². The molecule has 0 fully saturated rings. The fraction of sp³-hybridized carbons (Fsp3) is 0.158. The molecule has 2 aromatic heterocycles. The first-order valence-corrected chi connectivity index (χ1v) is 9.26. The van der Waals surface area contributed by atoms with E-state index < -0.39 is 9.85 Å². The Morgan fingerprint density at radius 1 is 0.774 bits per heavy atom. The Kier molecular flexibility index (Phi) is 6.73. The van der Waals surface area contributed by atoms with E-state index in [0.717, 1.165) is 5.56 Å². The predicted octanol–water partition coefficient (Wildman–Crippen LogP) is 3.01. The number of nitrogens with zero attached hydrogens (tertiary/aromatic N) is 4. The van der Waals surface area contributed by atoms with Gasteiger partial charge in [-0.05, 0) is 17.7 Å². The summed E-state index contributed by atoms with van der Waals surface area (Å²) >= 11 is 0. The molecule has 12 nitrogen and oxygen atoms in total. The van der Waals surface area contributed by atoms with Gasteiger partial charge in [0, 0.05) is 31.8 Å². The first-order chi connectivity index (χ1) is 14.9. The summed E-state index contributed by atoms with van der Waals surface area (Å²) in [5.74, 6) is 0.844. The molecule has 0 spiro atoms. The van der Waals surface area contributed by atoms with Crippen LogP contribution in [0.2, 0.25) is 0 Å². The summed E-state index contributed by atoms with van der Waals surface area (Å²) in [6.07, 6.45) is 0. The van der Waals surface area contributed by atoms with E-state index >= 15 is 0 Å². The normalized spacial score (nSPS) is 10.3. The molecule has 31 heavy (non-hydrogen) atoms. The number of hydrogen-bond acceptors (Lipinski definition) is 10. The number of nitrogens with two attached hydrogens (primary N) is 1. The van der Waals surface area contributed by atoms with Gasteiger partial charge in [0.1, 0.15) is 11.6 Å². The van der Waals surface area contributed by atoms with Crippen LogP contribution >= 0.6 is 0 Å².